The molecule has 13 heteroatoms. The molecule has 2 aliphatic rings. The number of hydrogen-bond acceptors (Lipinski definition) is 6. The van der Waals surface area contributed by atoms with Crippen molar-refractivity contribution >= 4 is 17.9 Å². The van der Waals surface area contributed by atoms with E-state index in [4.69, 9.17) is 10.5 Å². The van der Waals surface area contributed by atoms with Gasteiger partial charge in [-0.25, -0.2) is 9.59 Å². The third-order valence-corrected chi connectivity index (χ3v) is 8.42. The standard InChI is InChI=1S/C30H45F3N4O6/c1-2-3-14-22(28(40)41)35-27(39)23(19-20-10-6-4-7-11-20)37(29(42)36-15-17-43-18-16-36)25(21-12-8-5-9-13-21)24(34)26(38)30(31,32)33/h4,6-7,10-11,21-26,38H,2-3,5,8-9,12-19,34H2,1H3,(H,35,39)(H,40,41)/t22-,23-,24?,25-,26+/m0/s1. The van der Waals surface area contributed by atoms with Crippen molar-refractivity contribution in [1.82, 2.24) is 15.1 Å². The molecule has 0 bridgehead atoms. The third-order valence-electron chi connectivity index (χ3n) is 8.42. The molecule has 5 atom stereocenters. The first-order valence-corrected chi connectivity index (χ1v) is 15.2. The second-order valence-corrected chi connectivity index (χ2v) is 11.5. The molecule has 2 fully saturated rings. The van der Waals surface area contributed by atoms with Gasteiger partial charge in [0, 0.05) is 19.5 Å². The molecule has 1 unspecified atom stereocenters. The number of urea groups is 1. The van der Waals surface area contributed by atoms with Gasteiger partial charge in [0.15, 0.2) is 6.10 Å². The second-order valence-electron chi connectivity index (χ2n) is 11.5. The highest BCUT2D eigenvalue weighted by Crippen LogP contribution is 2.36. The lowest BCUT2D eigenvalue weighted by atomic mass is 9.78. The number of alkyl halides is 3. The molecular formula is C30H45F3N4O6. The van der Waals surface area contributed by atoms with E-state index in [9.17, 15) is 37.8 Å². The average Bonchev–Trinajstić information content (AvgIpc) is 3.00. The predicted octanol–water partition coefficient (Wildman–Crippen LogP) is 3.31. The zero-order chi connectivity index (χ0) is 31.6. The topological polar surface area (TPSA) is 145 Å². The van der Waals surface area contributed by atoms with E-state index in [1.165, 1.54) is 4.90 Å². The van der Waals surface area contributed by atoms with Crippen LogP contribution in [0.25, 0.3) is 0 Å². The first-order valence-electron chi connectivity index (χ1n) is 15.2. The van der Waals surface area contributed by atoms with E-state index in [2.05, 4.69) is 5.32 Å². The Hall–Kier alpha value is -2.90. The van der Waals surface area contributed by atoms with E-state index in [1.807, 2.05) is 6.92 Å². The highest BCUT2D eigenvalue weighted by atomic mass is 19.4. The number of carbonyl (C=O) groups excluding carboxylic acids is 2. The van der Waals surface area contributed by atoms with Crippen LogP contribution in [-0.2, 0) is 20.7 Å². The zero-order valence-electron chi connectivity index (χ0n) is 24.7. The van der Waals surface area contributed by atoms with E-state index >= 15 is 0 Å². The fourth-order valence-electron chi connectivity index (χ4n) is 6.08. The van der Waals surface area contributed by atoms with Crippen molar-refractivity contribution in [2.45, 2.75) is 101 Å². The van der Waals surface area contributed by atoms with Gasteiger partial charge in [-0.05, 0) is 30.7 Å². The van der Waals surface area contributed by atoms with Crippen LogP contribution in [-0.4, -0.2) is 101 Å². The fraction of sp³-hybridized carbons (Fsp3) is 0.700. The molecule has 1 aromatic carbocycles. The molecule has 1 aromatic rings. The van der Waals surface area contributed by atoms with Crippen molar-refractivity contribution in [2.75, 3.05) is 26.3 Å². The number of aliphatic hydroxyl groups is 1. The quantitative estimate of drug-likeness (QED) is 0.267. The van der Waals surface area contributed by atoms with Crippen molar-refractivity contribution in [3.8, 4) is 0 Å². The molecule has 1 aliphatic carbocycles. The zero-order valence-corrected chi connectivity index (χ0v) is 24.7. The molecule has 1 heterocycles. The van der Waals surface area contributed by atoms with Crippen LogP contribution >= 0.6 is 0 Å². The van der Waals surface area contributed by atoms with E-state index in [0.29, 0.717) is 44.1 Å². The third kappa shape index (κ3) is 9.54. The molecule has 1 saturated heterocycles. The van der Waals surface area contributed by atoms with Gasteiger partial charge in [0.2, 0.25) is 5.91 Å². The van der Waals surface area contributed by atoms with E-state index < -0.39 is 60.3 Å². The minimum absolute atomic E-state index is 0.0963. The molecule has 5 N–H and O–H groups in total. The summed E-state index contributed by atoms with van der Waals surface area (Å²) in [7, 11) is 0. The van der Waals surface area contributed by atoms with Gasteiger partial charge in [-0.1, -0.05) is 69.4 Å². The Kier molecular flexibility index (Phi) is 13.1. The van der Waals surface area contributed by atoms with E-state index in [1.54, 1.807) is 30.3 Å². The summed E-state index contributed by atoms with van der Waals surface area (Å²) in [4.78, 5) is 43.1. The first kappa shape index (κ1) is 34.6. The highest BCUT2D eigenvalue weighted by molar-refractivity contribution is 5.90. The van der Waals surface area contributed by atoms with Crippen molar-refractivity contribution in [3.05, 3.63) is 35.9 Å². The normalized spacial score (nSPS) is 20.0. The van der Waals surface area contributed by atoms with Crippen molar-refractivity contribution in [2.24, 2.45) is 11.7 Å². The summed E-state index contributed by atoms with van der Waals surface area (Å²) in [6, 6.07) is 2.02. The molecule has 3 amide bonds. The Balaban J connectivity index is 2.16. The number of nitrogens with zero attached hydrogens (tertiary/aromatic N) is 2. The number of carboxylic acids is 1. The fourth-order valence-corrected chi connectivity index (χ4v) is 6.08. The Bertz CT molecular complexity index is 1030. The van der Waals surface area contributed by atoms with Gasteiger partial charge >= 0.3 is 18.2 Å². The maximum Gasteiger partial charge on any atom is 0.415 e. The van der Waals surface area contributed by atoms with E-state index in [0.717, 1.165) is 11.3 Å². The van der Waals surface area contributed by atoms with Gasteiger partial charge in [-0.3, -0.25) is 4.79 Å². The number of rotatable bonds is 13. The second kappa shape index (κ2) is 16.2. The van der Waals surface area contributed by atoms with Gasteiger partial charge in [-0.15, -0.1) is 0 Å². The van der Waals surface area contributed by atoms with E-state index in [-0.39, 0.29) is 39.1 Å². The molecule has 10 nitrogen and oxygen atoms in total. The van der Waals surface area contributed by atoms with Crippen LogP contribution in [0.2, 0.25) is 0 Å². The summed E-state index contributed by atoms with van der Waals surface area (Å²) in [5.74, 6) is -2.57. The number of ether oxygens (including phenoxy) is 1. The van der Waals surface area contributed by atoms with Gasteiger partial charge in [0.05, 0.1) is 25.3 Å². The number of carboxylic acid groups (broad SMARTS) is 1. The Morgan fingerprint density at radius 3 is 2.30 bits per heavy atom. The molecule has 3 rings (SSSR count). The predicted molar refractivity (Wildman–Crippen MR) is 153 cm³/mol. The minimum Gasteiger partial charge on any atom is -0.480 e. The lowest BCUT2D eigenvalue weighted by Crippen LogP contribution is -2.68. The summed E-state index contributed by atoms with van der Waals surface area (Å²) < 4.78 is 47.2. The minimum atomic E-state index is -5.06. The molecule has 0 radical (unpaired) electrons. The molecule has 43 heavy (non-hydrogen) atoms. The van der Waals surface area contributed by atoms with Crippen molar-refractivity contribution in [3.63, 3.8) is 0 Å². The smallest absolute Gasteiger partial charge is 0.415 e. The summed E-state index contributed by atoms with van der Waals surface area (Å²) in [5, 5.41) is 22.8. The van der Waals surface area contributed by atoms with Crippen LogP contribution in [0, 0.1) is 5.92 Å². The van der Waals surface area contributed by atoms with Gasteiger partial charge in [0.25, 0.3) is 0 Å². The van der Waals surface area contributed by atoms with Gasteiger partial charge < -0.3 is 35.8 Å². The molecule has 0 aromatic heterocycles. The molecule has 242 valence electrons. The maximum absolute atomic E-state index is 14.4. The molecule has 0 spiro atoms. The largest absolute Gasteiger partial charge is 0.480 e. The number of benzene rings is 1. The highest BCUT2D eigenvalue weighted by Gasteiger charge is 2.51. The summed E-state index contributed by atoms with van der Waals surface area (Å²) in [6.45, 7) is 2.59. The van der Waals surface area contributed by atoms with Crippen LogP contribution in [0.3, 0.4) is 0 Å². The van der Waals surface area contributed by atoms with Crippen LogP contribution in [0.1, 0.15) is 63.9 Å². The monoisotopic (exact) mass is 614 g/mol. The Labute approximate surface area is 250 Å². The number of nitrogens with one attached hydrogen (secondary N) is 1. The van der Waals surface area contributed by atoms with Crippen LogP contribution in [0.4, 0.5) is 18.0 Å². The molecule has 1 saturated carbocycles. The summed E-state index contributed by atoms with van der Waals surface area (Å²) in [6.07, 6.45) is -3.58. The number of aliphatic hydroxyl groups excluding tert-OH is 1. The average molecular weight is 615 g/mol. The summed E-state index contributed by atoms with van der Waals surface area (Å²) in [5.41, 5.74) is 6.88. The van der Waals surface area contributed by atoms with Crippen LogP contribution in [0.5, 0.6) is 0 Å². The van der Waals surface area contributed by atoms with Crippen molar-refractivity contribution < 1.29 is 42.5 Å². The first-order chi connectivity index (χ1) is 20.5. The van der Waals surface area contributed by atoms with Crippen LogP contribution in [0.15, 0.2) is 30.3 Å². The van der Waals surface area contributed by atoms with Crippen LogP contribution < -0.4 is 11.1 Å². The Morgan fingerprint density at radius 2 is 1.74 bits per heavy atom. The number of aliphatic carboxylic acids is 1. The molecular weight excluding hydrogens is 569 g/mol. The lowest BCUT2D eigenvalue weighted by molar-refractivity contribution is -0.215. The number of amides is 3. The van der Waals surface area contributed by atoms with Crippen molar-refractivity contribution in [1.29, 1.82) is 0 Å². The van der Waals surface area contributed by atoms with Gasteiger partial charge in [0.1, 0.15) is 12.1 Å². The number of carbonyl (C=O) groups is 3. The summed E-state index contributed by atoms with van der Waals surface area (Å²) >= 11 is 0. The molecule has 1 aliphatic heterocycles. The SMILES string of the molecule is CCCC[C@H](NC(=O)[C@H](Cc1ccccc1)N(C(=O)N1CCOCC1)[C@@H](C1CCCCC1)C(N)[C@@H](O)C(F)(F)F)C(=O)O. The number of halogens is 3. The Morgan fingerprint density at radius 1 is 1.12 bits per heavy atom. The maximum atomic E-state index is 14.4. The number of morpholine rings is 1. The number of unbranched alkanes of at least 4 members (excludes halogenated alkanes) is 1. The number of nitrogens with two attached hydrogens (primary N) is 1. The van der Waals surface area contributed by atoms with Gasteiger partial charge in [-0.2, -0.15) is 13.2 Å². The lowest BCUT2D eigenvalue weighted by Gasteiger charge is -2.48. The number of hydrogen-bond donors (Lipinski definition) is 4.